The first-order chi connectivity index (χ1) is 6.31. The smallest absolute Gasteiger partial charge is 0.0608 e. The van der Waals surface area contributed by atoms with Crippen molar-refractivity contribution in [1.82, 2.24) is 10.3 Å². The van der Waals surface area contributed by atoms with Gasteiger partial charge in [0.15, 0.2) is 0 Å². The van der Waals surface area contributed by atoms with Crippen LogP contribution in [-0.2, 0) is 5.54 Å². The second-order valence-electron chi connectivity index (χ2n) is 3.62. The zero-order valence-corrected chi connectivity index (χ0v) is 7.66. The molecule has 0 atom stereocenters. The molecule has 2 heterocycles. The normalized spacial score (nSPS) is 21.3. The predicted octanol–water partition coefficient (Wildman–Crippen LogP) is 0.619. The Morgan fingerprint density at radius 2 is 2.08 bits per heavy atom. The maximum absolute atomic E-state index is 6.28. The van der Waals surface area contributed by atoms with Crippen LogP contribution in [0.1, 0.15) is 18.5 Å². The third-order valence-corrected chi connectivity index (χ3v) is 2.67. The molecular formula is C10H15N3. The molecule has 1 fully saturated rings. The van der Waals surface area contributed by atoms with Gasteiger partial charge in [-0.15, -0.1) is 0 Å². The standard InChI is InChI=1S/C10H15N3/c11-10(4-7-12-8-5-10)9-3-1-2-6-13-9/h1-3,6,12H,4-5,7-8,11H2. The number of pyridine rings is 1. The maximum atomic E-state index is 6.28. The lowest BCUT2D eigenvalue weighted by Gasteiger charge is -2.33. The summed E-state index contributed by atoms with van der Waals surface area (Å²) in [6.07, 6.45) is 3.76. The summed E-state index contributed by atoms with van der Waals surface area (Å²) in [6, 6.07) is 5.94. The molecule has 3 heteroatoms. The minimum absolute atomic E-state index is 0.202. The molecule has 0 aromatic carbocycles. The van der Waals surface area contributed by atoms with Crippen LogP contribution < -0.4 is 11.1 Å². The Balaban J connectivity index is 2.23. The first kappa shape index (κ1) is 8.66. The number of rotatable bonds is 1. The number of nitrogens with two attached hydrogens (primary N) is 1. The van der Waals surface area contributed by atoms with Crippen LogP contribution >= 0.6 is 0 Å². The molecule has 2 rings (SSSR count). The van der Waals surface area contributed by atoms with Crippen molar-refractivity contribution in [3.05, 3.63) is 30.1 Å². The zero-order chi connectivity index (χ0) is 9.15. The van der Waals surface area contributed by atoms with Crippen LogP contribution in [0.25, 0.3) is 0 Å². The molecule has 0 aliphatic carbocycles. The molecule has 0 amide bonds. The molecular weight excluding hydrogens is 162 g/mol. The van der Waals surface area contributed by atoms with Crippen molar-refractivity contribution in [1.29, 1.82) is 0 Å². The number of nitrogens with zero attached hydrogens (tertiary/aromatic N) is 1. The van der Waals surface area contributed by atoms with Gasteiger partial charge in [-0.05, 0) is 38.1 Å². The lowest BCUT2D eigenvalue weighted by Crippen LogP contribution is -2.46. The van der Waals surface area contributed by atoms with Crippen molar-refractivity contribution >= 4 is 0 Å². The van der Waals surface area contributed by atoms with Crippen molar-refractivity contribution < 1.29 is 0 Å². The summed E-state index contributed by atoms with van der Waals surface area (Å²) in [6.45, 7) is 1.99. The molecule has 1 aromatic heterocycles. The van der Waals surface area contributed by atoms with E-state index in [0.717, 1.165) is 31.6 Å². The van der Waals surface area contributed by atoms with Gasteiger partial charge in [0.05, 0.1) is 11.2 Å². The van der Waals surface area contributed by atoms with E-state index in [0.29, 0.717) is 0 Å². The SMILES string of the molecule is NC1(c2ccccn2)CCNCC1. The van der Waals surface area contributed by atoms with E-state index in [9.17, 15) is 0 Å². The highest BCUT2D eigenvalue weighted by molar-refractivity contribution is 5.16. The summed E-state index contributed by atoms with van der Waals surface area (Å²) >= 11 is 0. The predicted molar refractivity (Wildman–Crippen MR) is 52.2 cm³/mol. The van der Waals surface area contributed by atoms with E-state index in [2.05, 4.69) is 10.3 Å². The highest BCUT2D eigenvalue weighted by atomic mass is 14.9. The average Bonchev–Trinajstić information content (AvgIpc) is 2.20. The van der Waals surface area contributed by atoms with Crippen molar-refractivity contribution in [3.63, 3.8) is 0 Å². The highest BCUT2D eigenvalue weighted by Crippen LogP contribution is 2.25. The lowest BCUT2D eigenvalue weighted by molar-refractivity contribution is 0.310. The molecule has 3 nitrogen and oxygen atoms in total. The number of hydrogen-bond donors (Lipinski definition) is 2. The quantitative estimate of drug-likeness (QED) is 0.661. The Bertz CT molecular complexity index is 265. The topological polar surface area (TPSA) is 50.9 Å². The van der Waals surface area contributed by atoms with Gasteiger partial charge in [0.1, 0.15) is 0 Å². The second kappa shape index (κ2) is 3.44. The molecule has 1 aliphatic rings. The largest absolute Gasteiger partial charge is 0.320 e. The minimum atomic E-state index is -0.202. The Morgan fingerprint density at radius 1 is 1.31 bits per heavy atom. The summed E-state index contributed by atoms with van der Waals surface area (Å²) in [7, 11) is 0. The van der Waals surface area contributed by atoms with Crippen LogP contribution in [0.3, 0.4) is 0 Å². The van der Waals surface area contributed by atoms with Crippen molar-refractivity contribution in [2.45, 2.75) is 18.4 Å². The van der Waals surface area contributed by atoms with E-state index in [1.54, 1.807) is 0 Å². The molecule has 70 valence electrons. The monoisotopic (exact) mass is 177 g/mol. The Hall–Kier alpha value is -0.930. The summed E-state index contributed by atoms with van der Waals surface area (Å²) in [5.41, 5.74) is 7.10. The highest BCUT2D eigenvalue weighted by Gasteiger charge is 2.30. The molecule has 13 heavy (non-hydrogen) atoms. The number of piperidine rings is 1. The number of hydrogen-bond acceptors (Lipinski definition) is 3. The fourth-order valence-electron chi connectivity index (χ4n) is 1.79. The van der Waals surface area contributed by atoms with Gasteiger partial charge in [-0.3, -0.25) is 4.98 Å². The summed E-state index contributed by atoms with van der Waals surface area (Å²) < 4.78 is 0. The first-order valence-corrected chi connectivity index (χ1v) is 4.72. The van der Waals surface area contributed by atoms with Gasteiger partial charge < -0.3 is 11.1 Å². The summed E-state index contributed by atoms with van der Waals surface area (Å²) in [5.74, 6) is 0. The minimum Gasteiger partial charge on any atom is -0.320 e. The molecule has 0 bridgehead atoms. The van der Waals surface area contributed by atoms with Gasteiger partial charge in [-0.25, -0.2) is 0 Å². The van der Waals surface area contributed by atoms with Crippen molar-refractivity contribution in [2.75, 3.05) is 13.1 Å². The van der Waals surface area contributed by atoms with Crippen molar-refractivity contribution in [2.24, 2.45) is 5.73 Å². The third-order valence-electron chi connectivity index (χ3n) is 2.67. The third kappa shape index (κ3) is 1.71. The van der Waals surface area contributed by atoms with E-state index in [4.69, 9.17) is 5.73 Å². The van der Waals surface area contributed by atoms with E-state index in [1.807, 2.05) is 24.4 Å². The van der Waals surface area contributed by atoms with Gasteiger partial charge in [0.25, 0.3) is 0 Å². The Morgan fingerprint density at radius 3 is 2.69 bits per heavy atom. The van der Waals surface area contributed by atoms with Crippen molar-refractivity contribution in [3.8, 4) is 0 Å². The van der Waals surface area contributed by atoms with Gasteiger partial charge in [0.2, 0.25) is 0 Å². The van der Waals surface area contributed by atoms with E-state index in [-0.39, 0.29) is 5.54 Å². The van der Waals surface area contributed by atoms with Crippen LogP contribution in [0, 0.1) is 0 Å². The van der Waals surface area contributed by atoms with E-state index < -0.39 is 0 Å². The molecule has 0 radical (unpaired) electrons. The van der Waals surface area contributed by atoms with Gasteiger partial charge in [-0.1, -0.05) is 6.07 Å². The van der Waals surface area contributed by atoms with Crippen LogP contribution in [0.4, 0.5) is 0 Å². The summed E-state index contributed by atoms with van der Waals surface area (Å²) in [5, 5.41) is 3.30. The van der Waals surface area contributed by atoms with Crippen LogP contribution in [0.5, 0.6) is 0 Å². The van der Waals surface area contributed by atoms with E-state index in [1.165, 1.54) is 0 Å². The zero-order valence-electron chi connectivity index (χ0n) is 7.66. The van der Waals surface area contributed by atoms with Crippen LogP contribution in [0.15, 0.2) is 24.4 Å². The Labute approximate surface area is 78.4 Å². The molecule has 0 saturated carbocycles. The number of aromatic nitrogens is 1. The number of nitrogens with one attached hydrogen (secondary N) is 1. The van der Waals surface area contributed by atoms with Gasteiger partial charge >= 0.3 is 0 Å². The fraction of sp³-hybridized carbons (Fsp3) is 0.500. The average molecular weight is 177 g/mol. The fourth-order valence-corrected chi connectivity index (χ4v) is 1.79. The van der Waals surface area contributed by atoms with Gasteiger partial charge in [-0.2, -0.15) is 0 Å². The molecule has 1 aromatic rings. The molecule has 1 saturated heterocycles. The van der Waals surface area contributed by atoms with Crippen LogP contribution in [-0.4, -0.2) is 18.1 Å². The molecule has 0 spiro atoms. The lowest BCUT2D eigenvalue weighted by atomic mass is 9.86. The van der Waals surface area contributed by atoms with Gasteiger partial charge in [0, 0.05) is 6.20 Å². The molecule has 1 aliphatic heterocycles. The molecule has 3 N–H and O–H groups in total. The second-order valence-corrected chi connectivity index (χ2v) is 3.62. The molecule has 0 unspecified atom stereocenters. The first-order valence-electron chi connectivity index (χ1n) is 4.72. The van der Waals surface area contributed by atoms with E-state index >= 15 is 0 Å². The Kier molecular flexibility index (Phi) is 2.29. The van der Waals surface area contributed by atoms with Crippen LogP contribution in [0.2, 0.25) is 0 Å². The maximum Gasteiger partial charge on any atom is 0.0608 e. The summed E-state index contributed by atoms with van der Waals surface area (Å²) in [4.78, 5) is 4.32.